The van der Waals surface area contributed by atoms with E-state index in [-0.39, 0.29) is 12.4 Å². The average molecular weight is 425 g/mol. The first-order valence-corrected chi connectivity index (χ1v) is 9.86. The molecule has 0 aliphatic rings. The molecule has 0 saturated heterocycles. The number of furan rings is 1. The third-order valence-corrected chi connectivity index (χ3v) is 4.97. The molecule has 4 aromatic rings. The van der Waals surface area contributed by atoms with Crippen LogP contribution in [0.2, 0.25) is 0 Å². The van der Waals surface area contributed by atoms with Crippen LogP contribution in [0.15, 0.2) is 77.2 Å². The second-order valence-corrected chi connectivity index (χ2v) is 7.05. The standard InChI is InChI=1S/C25H19N3O4/c1-16-21-11-4-5-12-22(21)32-23(16)25(30)28-27-24(29)17-9-6-10-20(13-17)31-15-19-8-3-2-7-18(19)14-26/h2-13H,15H2,1H3,(H,27,29)(H,28,30). The third kappa shape index (κ3) is 4.30. The maximum atomic E-state index is 12.5. The van der Waals surface area contributed by atoms with Crippen molar-refractivity contribution in [3.63, 3.8) is 0 Å². The number of amides is 2. The van der Waals surface area contributed by atoms with E-state index in [1.807, 2.05) is 30.3 Å². The summed E-state index contributed by atoms with van der Waals surface area (Å²) < 4.78 is 11.3. The maximum absolute atomic E-state index is 12.5. The number of rotatable bonds is 5. The van der Waals surface area contributed by atoms with Crippen molar-refractivity contribution in [3.8, 4) is 11.8 Å². The van der Waals surface area contributed by atoms with Gasteiger partial charge in [-0.05, 0) is 37.3 Å². The number of carbonyl (C=O) groups is 2. The molecule has 4 rings (SSSR count). The minimum absolute atomic E-state index is 0.139. The Hall–Kier alpha value is -4.57. The summed E-state index contributed by atoms with van der Waals surface area (Å²) in [6.45, 7) is 1.98. The molecule has 0 atom stereocenters. The highest BCUT2D eigenvalue weighted by atomic mass is 16.5. The van der Waals surface area contributed by atoms with Gasteiger partial charge in [0.25, 0.3) is 5.91 Å². The van der Waals surface area contributed by atoms with E-state index in [0.717, 1.165) is 10.9 Å². The fraction of sp³-hybridized carbons (Fsp3) is 0.0800. The molecule has 2 N–H and O–H groups in total. The van der Waals surface area contributed by atoms with Crippen LogP contribution < -0.4 is 15.6 Å². The van der Waals surface area contributed by atoms with Gasteiger partial charge in [-0.2, -0.15) is 5.26 Å². The molecule has 0 aliphatic heterocycles. The highest BCUT2D eigenvalue weighted by Gasteiger charge is 2.18. The van der Waals surface area contributed by atoms with Crippen LogP contribution in [0.25, 0.3) is 11.0 Å². The molecule has 0 bridgehead atoms. The summed E-state index contributed by atoms with van der Waals surface area (Å²) in [5.41, 5.74) is 7.65. The smallest absolute Gasteiger partial charge is 0.305 e. The molecule has 158 valence electrons. The van der Waals surface area contributed by atoms with Crippen molar-refractivity contribution in [3.05, 3.63) is 101 Å². The molecule has 32 heavy (non-hydrogen) atoms. The fourth-order valence-corrected chi connectivity index (χ4v) is 3.28. The topological polar surface area (TPSA) is 104 Å². The van der Waals surface area contributed by atoms with Crippen LogP contribution in [0.4, 0.5) is 0 Å². The zero-order valence-electron chi connectivity index (χ0n) is 17.2. The Morgan fingerprint density at radius 3 is 2.53 bits per heavy atom. The van der Waals surface area contributed by atoms with Crippen molar-refractivity contribution in [1.29, 1.82) is 5.26 Å². The highest BCUT2D eigenvalue weighted by Crippen LogP contribution is 2.24. The van der Waals surface area contributed by atoms with Gasteiger partial charge in [0.2, 0.25) is 0 Å². The first-order chi connectivity index (χ1) is 15.6. The summed E-state index contributed by atoms with van der Waals surface area (Å²) >= 11 is 0. The molecular weight excluding hydrogens is 406 g/mol. The van der Waals surface area contributed by atoms with Crippen LogP contribution in [0.5, 0.6) is 5.75 Å². The van der Waals surface area contributed by atoms with Gasteiger partial charge in [0.1, 0.15) is 17.9 Å². The lowest BCUT2D eigenvalue weighted by molar-refractivity contribution is 0.0831. The van der Waals surface area contributed by atoms with Crippen molar-refractivity contribution in [2.45, 2.75) is 13.5 Å². The first-order valence-electron chi connectivity index (χ1n) is 9.86. The van der Waals surface area contributed by atoms with Crippen molar-refractivity contribution in [2.75, 3.05) is 0 Å². The highest BCUT2D eigenvalue weighted by molar-refractivity contribution is 6.01. The molecule has 1 heterocycles. The Labute approximate surface area is 184 Å². The van der Waals surface area contributed by atoms with Gasteiger partial charge in [-0.25, -0.2) is 0 Å². The zero-order chi connectivity index (χ0) is 22.5. The maximum Gasteiger partial charge on any atom is 0.305 e. The van der Waals surface area contributed by atoms with E-state index in [1.165, 1.54) is 0 Å². The van der Waals surface area contributed by atoms with Crippen molar-refractivity contribution in [2.24, 2.45) is 0 Å². The number of benzene rings is 3. The average Bonchev–Trinajstić information content (AvgIpc) is 3.18. The number of nitrogens with one attached hydrogen (secondary N) is 2. The van der Waals surface area contributed by atoms with Crippen LogP contribution in [-0.4, -0.2) is 11.8 Å². The number of nitrogens with zero attached hydrogens (tertiary/aromatic N) is 1. The van der Waals surface area contributed by atoms with Gasteiger partial charge >= 0.3 is 5.91 Å². The molecule has 0 saturated carbocycles. The Kier molecular flexibility index (Phi) is 5.86. The molecule has 0 unspecified atom stereocenters. The molecule has 0 spiro atoms. The molecule has 7 heteroatoms. The normalized spacial score (nSPS) is 10.4. The Morgan fingerprint density at radius 1 is 0.969 bits per heavy atom. The van der Waals surface area contributed by atoms with Crippen LogP contribution in [0.1, 0.15) is 37.6 Å². The summed E-state index contributed by atoms with van der Waals surface area (Å²) in [6.07, 6.45) is 0. The van der Waals surface area contributed by atoms with E-state index in [2.05, 4.69) is 16.9 Å². The van der Waals surface area contributed by atoms with Gasteiger partial charge in [0.05, 0.1) is 11.6 Å². The van der Waals surface area contributed by atoms with E-state index in [1.54, 1.807) is 49.4 Å². The predicted octanol–water partition coefficient (Wildman–Crippen LogP) is 4.27. The minimum Gasteiger partial charge on any atom is -0.489 e. The number of hydrazine groups is 1. The third-order valence-electron chi connectivity index (χ3n) is 4.97. The predicted molar refractivity (Wildman–Crippen MR) is 118 cm³/mol. The van der Waals surface area contributed by atoms with E-state index < -0.39 is 11.8 Å². The molecular formula is C25H19N3O4. The monoisotopic (exact) mass is 425 g/mol. The number of fused-ring (bicyclic) bond motifs is 1. The minimum atomic E-state index is -0.549. The summed E-state index contributed by atoms with van der Waals surface area (Å²) in [6, 6.07) is 23.1. The fourth-order valence-electron chi connectivity index (χ4n) is 3.28. The van der Waals surface area contributed by atoms with E-state index >= 15 is 0 Å². The number of hydrogen-bond acceptors (Lipinski definition) is 5. The Balaban J connectivity index is 1.40. The lowest BCUT2D eigenvalue weighted by atomic mass is 10.1. The van der Waals surface area contributed by atoms with Crippen LogP contribution in [0, 0.1) is 18.3 Å². The summed E-state index contributed by atoms with van der Waals surface area (Å²) in [4.78, 5) is 25.0. The van der Waals surface area contributed by atoms with E-state index in [9.17, 15) is 14.9 Å². The van der Waals surface area contributed by atoms with Crippen molar-refractivity contribution < 1.29 is 18.7 Å². The molecule has 0 aliphatic carbocycles. The van der Waals surface area contributed by atoms with Gasteiger partial charge in [-0.1, -0.05) is 42.5 Å². The summed E-state index contributed by atoms with van der Waals surface area (Å²) in [7, 11) is 0. The molecule has 0 fully saturated rings. The van der Waals surface area contributed by atoms with Crippen molar-refractivity contribution in [1.82, 2.24) is 10.9 Å². The van der Waals surface area contributed by atoms with Crippen LogP contribution >= 0.6 is 0 Å². The molecule has 3 aromatic carbocycles. The van der Waals surface area contributed by atoms with Gasteiger partial charge in [0.15, 0.2) is 5.76 Å². The Morgan fingerprint density at radius 2 is 1.72 bits per heavy atom. The van der Waals surface area contributed by atoms with Crippen LogP contribution in [0.3, 0.4) is 0 Å². The van der Waals surface area contributed by atoms with E-state index in [0.29, 0.717) is 28.0 Å². The zero-order valence-corrected chi connectivity index (χ0v) is 17.2. The molecule has 1 aromatic heterocycles. The van der Waals surface area contributed by atoms with Gasteiger partial charge < -0.3 is 9.15 Å². The quantitative estimate of drug-likeness (QED) is 0.465. The summed E-state index contributed by atoms with van der Waals surface area (Å²) in [5.74, 6) is -0.452. The van der Waals surface area contributed by atoms with Gasteiger partial charge in [-0.15, -0.1) is 0 Å². The van der Waals surface area contributed by atoms with E-state index in [4.69, 9.17) is 9.15 Å². The lowest BCUT2D eigenvalue weighted by Gasteiger charge is -2.10. The number of hydrogen-bond donors (Lipinski definition) is 2. The van der Waals surface area contributed by atoms with Gasteiger partial charge in [-0.3, -0.25) is 20.4 Å². The van der Waals surface area contributed by atoms with Crippen LogP contribution in [-0.2, 0) is 6.61 Å². The SMILES string of the molecule is Cc1c(C(=O)NNC(=O)c2cccc(OCc3ccccc3C#N)c2)oc2ccccc12. The number of aryl methyl sites for hydroxylation is 1. The summed E-state index contributed by atoms with van der Waals surface area (Å²) in [5, 5.41) is 10.0. The first kappa shape index (κ1) is 20.7. The molecule has 7 nitrogen and oxygen atoms in total. The van der Waals surface area contributed by atoms with Crippen molar-refractivity contribution >= 4 is 22.8 Å². The number of ether oxygens (including phenoxy) is 1. The van der Waals surface area contributed by atoms with Gasteiger partial charge in [0, 0.05) is 22.1 Å². The molecule has 0 radical (unpaired) electrons. The Bertz CT molecular complexity index is 1350. The number of carbonyl (C=O) groups excluding carboxylic acids is 2. The number of para-hydroxylation sites is 1. The largest absolute Gasteiger partial charge is 0.489 e. The number of nitriles is 1. The second kappa shape index (κ2) is 9.06. The molecule has 2 amide bonds. The second-order valence-electron chi connectivity index (χ2n) is 7.05. The lowest BCUT2D eigenvalue weighted by Crippen LogP contribution is -2.41.